The fourth-order valence-corrected chi connectivity index (χ4v) is 3.44. The van der Waals surface area contributed by atoms with Crippen molar-refractivity contribution in [3.8, 4) is 0 Å². The monoisotopic (exact) mass is 302 g/mol. The molecule has 2 aromatic heterocycles. The third kappa shape index (κ3) is 2.62. The van der Waals surface area contributed by atoms with E-state index in [-0.39, 0.29) is 5.56 Å². The minimum atomic E-state index is 0.0385. The van der Waals surface area contributed by atoms with Gasteiger partial charge in [-0.15, -0.1) is 0 Å². The highest BCUT2D eigenvalue weighted by Crippen LogP contribution is 2.14. The van der Waals surface area contributed by atoms with Gasteiger partial charge in [0.15, 0.2) is 0 Å². The maximum Gasteiger partial charge on any atom is 0.267 e. The molecule has 3 N–H and O–H groups in total. The van der Waals surface area contributed by atoms with Crippen LogP contribution in [0.1, 0.15) is 29.1 Å². The molecule has 0 aromatic carbocycles. The van der Waals surface area contributed by atoms with Crippen LogP contribution in [0.4, 0.5) is 0 Å². The van der Waals surface area contributed by atoms with Gasteiger partial charge in [0, 0.05) is 50.4 Å². The molecule has 4 rings (SSSR count). The number of rotatable bonds is 2. The maximum atomic E-state index is 11.7. The summed E-state index contributed by atoms with van der Waals surface area (Å²) in [6.07, 6.45) is 2.84. The number of aromatic nitrogens is 4. The lowest BCUT2D eigenvalue weighted by molar-refractivity contribution is 0.274. The minimum Gasteiger partial charge on any atom is -0.311 e. The molecule has 0 atom stereocenters. The van der Waals surface area contributed by atoms with Gasteiger partial charge in [0.05, 0.1) is 11.4 Å². The number of nitrogens with one attached hydrogen (secondary N) is 3. The largest absolute Gasteiger partial charge is 0.311 e. The lowest BCUT2D eigenvalue weighted by atomic mass is 10.2. The van der Waals surface area contributed by atoms with Gasteiger partial charge in [0.1, 0.15) is 0 Å². The van der Waals surface area contributed by atoms with Crippen molar-refractivity contribution in [2.75, 3.05) is 19.6 Å². The van der Waals surface area contributed by atoms with Crippen molar-refractivity contribution in [3.05, 3.63) is 39.1 Å². The van der Waals surface area contributed by atoms with E-state index < -0.39 is 0 Å². The Kier molecular flexibility index (Phi) is 3.59. The molecule has 7 heteroatoms. The van der Waals surface area contributed by atoms with E-state index in [2.05, 4.69) is 31.2 Å². The number of nitrogens with zero attached hydrogens (tertiary/aromatic N) is 3. The Balaban J connectivity index is 1.45. The Labute approximate surface area is 128 Å². The zero-order valence-corrected chi connectivity index (χ0v) is 12.7. The standard InChI is InChI=1S/C15H22N6O/c22-15-13-2-6-20(7-3-14(13)17-18-15)10-11-8-12-9-16-4-1-5-21(12)19-11/h8,16H,1-7,9-10H2,(H2,17,18,22). The molecule has 2 aromatic rings. The molecule has 0 unspecified atom stereocenters. The number of aromatic amines is 2. The smallest absolute Gasteiger partial charge is 0.267 e. The molecular weight excluding hydrogens is 280 g/mol. The zero-order chi connectivity index (χ0) is 14.9. The molecule has 0 bridgehead atoms. The molecule has 0 aliphatic carbocycles. The van der Waals surface area contributed by atoms with Crippen LogP contribution in [0.25, 0.3) is 0 Å². The normalized spacial score (nSPS) is 19.3. The number of hydrogen-bond acceptors (Lipinski definition) is 4. The van der Waals surface area contributed by atoms with Gasteiger partial charge in [-0.3, -0.25) is 19.5 Å². The number of H-pyrrole nitrogens is 2. The Morgan fingerprint density at radius 3 is 3.05 bits per heavy atom. The van der Waals surface area contributed by atoms with E-state index in [0.29, 0.717) is 0 Å². The van der Waals surface area contributed by atoms with Gasteiger partial charge < -0.3 is 10.4 Å². The van der Waals surface area contributed by atoms with Crippen molar-refractivity contribution in [2.24, 2.45) is 0 Å². The predicted octanol–water partition coefficient (Wildman–Crippen LogP) is -0.00640. The Morgan fingerprint density at radius 1 is 1.18 bits per heavy atom. The van der Waals surface area contributed by atoms with Crippen molar-refractivity contribution in [1.82, 2.24) is 30.2 Å². The van der Waals surface area contributed by atoms with E-state index in [1.165, 1.54) is 5.69 Å². The molecule has 0 saturated heterocycles. The first-order valence-electron chi connectivity index (χ1n) is 8.06. The molecule has 0 fully saturated rings. The Hall–Kier alpha value is -1.86. The van der Waals surface area contributed by atoms with Crippen molar-refractivity contribution >= 4 is 0 Å². The van der Waals surface area contributed by atoms with Gasteiger partial charge in [-0.1, -0.05) is 0 Å². The summed E-state index contributed by atoms with van der Waals surface area (Å²) in [6, 6.07) is 2.22. The molecule has 2 aliphatic heterocycles. The lowest BCUT2D eigenvalue weighted by Gasteiger charge is -2.18. The quantitative estimate of drug-likeness (QED) is 0.729. The van der Waals surface area contributed by atoms with Crippen LogP contribution in [0.2, 0.25) is 0 Å². The van der Waals surface area contributed by atoms with E-state index in [1.807, 2.05) is 0 Å². The van der Waals surface area contributed by atoms with E-state index in [9.17, 15) is 4.79 Å². The first-order valence-corrected chi connectivity index (χ1v) is 8.06. The molecule has 22 heavy (non-hydrogen) atoms. The van der Waals surface area contributed by atoms with Crippen LogP contribution in [0.15, 0.2) is 10.9 Å². The number of hydrogen-bond donors (Lipinski definition) is 3. The first-order chi connectivity index (χ1) is 10.8. The average Bonchev–Trinajstić information content (AvgIpc) is 2.88. The van der Waals surface area contributed by atoms with Gasteiger partial charge in [-0.05, 0) is 25.5 Å². The highest BCUT2D eigenvalue weighted by Gasteiger charge is 2.19. The summed E-state index contributed by atoms with van der Waals surface area (Å²) in [5.41, 5.74) is 4.45. The van der Waals surface area contributed by atoms with Crippen molar-refractivity contribution < 1.29 is 0 Å². The fourth-order valence-electron chi connectivity index (χ4n) is 3.44. The topological polar surface area (TPSA) is 81.7 Å². The van der Waals surface area contributed by atoms with Crippen LogP contribution >= 0.6 is 0 Å². The van der Waals surface area contributed by atoms with Crippen LogP contribution in [-0.2, 0) is 32.5 Å². The zero-order valence-electron chi connectivity index (χ0n) is 12.7. The summed E-state index contributed by atoms with van der Waals surface area (Å²) in [6.45, 7) is 5.71. The Bertz CT molecular complexity index is 688. The third-order valence-corrected chi connectivity index (χ3v) is 4.65. The van der Waals surface area contributed by atoms with Crippen LogP contribution in [0, 0.1) is 0 Å². The van der Waals surface area contributed by atoms with Crippen LogP contribution in [-0.4, -0.2) is 44.5 Å². The summed E-state index contributed by atoms with van der Waals surface area (Å²) in [4.78, 5) is 14.1. The summed E-state index contributed by atoms with van der Waals surface area (Å²) < 4.78 is 2.14. The molecule has 0 saturated carbocycles. The molecule has 2 aliphatic rings. The summed E-state index contributed by atoms with van der Waals surface area (Å²) in [5, 5.41) is 13.9. The minimum absolute atomic E-state index is 0.0385. The second-order valence-corrected chi connectivity index (χ2v) is 6.19. The van der Waals surface area contributed by atoms with Gasteiger partial charge in [0.2, 0.25) is 0 Å². The van der Waals surface area contributed by atoms with Crippen molar-refractivity contribution in [1.29, 1.82) is 0 Å². The van der Waals surface area contributed by atoms with E-state index >= 15 is 0 Å². The lowest BCUT2D eigenvalue weighted by Crippen LogP contribution is -2.27. The third-order valence-electron chi connectivity index (χ3n) is 4.65. The highest BCUT2D eigenvalue weighted by atomic mass is 16.1. The predicted molar refractivity (Wildman–Crippen MR) is 82.6 cm³/mol. The molecule has 7 nitrogen and oxygen atoms in total. The molecule has 118 valence electrons. The fraction of sp³-hybridized carbons (Fsp3) is 0.600. The molecule has 4 heterocycles. The van der Waals surface area contributed by atoms with E-state index in [4.69, 9.17) is 5.10 Å². The van der Waals surface area contributed by atoms with Crippen LogP contribution < -0.4 is 10.9 Å². The second-order valence-electron chi connectivity index (χ2n) is 6.19. The van der Waals surface area contributed by atoms with Gasteiger partial charge in [-0.25, -0.2) is 0 Å². The van der Waals surface area contributed by atoms with E-state index in [1.54, 1.807) is 0 Å². The maximum absolute atomic E-state index is 11.7. The van der Waals surface area contributed by atoms with Gasteiger partial charge >= 0.3 is 0 Å². The van der Waals surface area contributed by atoms with Crippen LogP contribution in [0.3, 0.4) is 0 Å². The first kappa shape index (κ1) is 13.8. The number of aryl methyl sites for hydroxylation is 1. The summed E-state index contributed by atoms with van der Waals surface area (Å²) >= 11 is 0. The second kappa shape index (κ2) is 5.73. The molecule has 0 radical (unpaired) electrons. The molecule has 0 spiro atoms. The van der Waals surface area contributed by atoms with E-state index in [0.717, 1.165) is 75.5 Å². The summed E-state index contributed by atoms with van der Waals surface area (Å²) in [7, 11) is 0. The van der Waals surface area contributed by atoms with Gasteiger partial charge in [0.25, 0.3) is 5.56 Å². The summed E-state index contributed by atoms with van der Waals surface area (Å²) in [5.74, 6) is 0. The average molecular weight is 302 g/mol. The SMILES string of the molecule is O=c1[nH][nH]c2c1CCN(Cc1cc3n(n1)CCCNC3)CC2. The molecule has 0 amide bonds. The number of fused-ring (bicyclic) bond motifs is 2. The van der Waals surface area contributed by atoms with Crippen LogP contribution in [0.5, 0.6) is 0 Å². The van der Waals surface area contributed by atoms with Gasteiger partial charge in [-0.2, -0.15) is 5.10 Å². The molecular formula is C15H22N6O. The highest BCUT2D eigenvalue weighted by molar-refractivity contribution is 5.19. The Morgan fingerprint density at radius 2 is 2.09 bits per heavy atom. The van der Waals surface area contributed by atoms with Crippen molar-refractivity contribution in [2.45, 2.75) is 38.9 Å². The van der Waals surface area contributed by atoms with Crippen molar-refractivity contribution in [3.63, 3.8) is 0 Å².